The fourth-order valence-corrected chi connectivity index (χ4v) is 3.99. The summed E-state index contributed by atoms with van der Waals surface area (Å²) in [4.78, 5) is 26.5. The van der Waals surface area contributed by atoms with Crippen LogP contribution in [-0.4, -0.2) is 43.3 Å². The zero-order valence-corrected chi connectivity index (χ0v) is 18.0. The molecule has 1 fully saturated rings. The molecule has 0 aromatic heterocycles. The van der Waals surface area contributed by atoms with Crippen molar-refractivity contribution in [1.82, 2.24) is 4.90 Å². The quantitative estimate of drug-likeness (QED) is 0.601. The number of hydrogen-bond acceptors (Lipinski definition) is 4. The molecule has 1 saturated heterocycles. The van der Waals surface area contributed by atoms with E-state index in [9.17, 15) is 9.59 Å². The van der Waals surface area contributed by atoms with Crippen LogP contribution in [0.25, 0.3) is 0 Å². The lowest BCUT2D eigenvalue weighted by molar-refractivity contribution is -0.115. The van der Waals surface area contributed by atoms with Crippen LogP contribution in [0.3, 0.4) is 0 Å². The molecule has 160 valence electrons. The van der Waals surface area contributed by atoms with Crippen LogP contribution in [0.1, 0.15) is 60.9 Å². The minimum atomic E-state index is 0.0474. The van der Waals surface area contributed by atoms with Crippen molar-refractivity contribution in [2.45, 2.75) is 44.9 Å². The molecule has 30 heavy (non-hydrogen) atoms. The van der Waals surface area contributed by atoms with Crippen LogP contribution < -0.4 is 10.1 Å². The van der Waals surface area contributed by atoms with Gasteiger partial charge in [-0.2, -0.15) is 0 Å². The van der Waals surface area contributed by atoms with Gasteiger partial charge in [-0.15, -0.1) is 0 Å². The van der Waals surface area contributed by atoms with Crippen molar-refractivity contribution in [2.24, 2.45) is 0 Å². The lowest BCUT2D eigenvalue weighted by Crippen LogP contribution is -2.33. The maximum atomic E-state index is 12.4. The highest BCUT2D eigenvalue weighted by Crippen LogP contribution is 2.29. The van der Waals surface area contributed by atoms with Gasteiger partial charge in [0.15, 0.2) is 5.78 Å². The highest BCUT2D eigenvalue weighted by Gasteiger charge is 2.21. The molecule has 1 heterocycles. The van der Waals surface area contributed by atoms with E-state index in [0.29, 0.717) is 18.8 Å². The lowest BCUT2D eigenvalue weighted by atomic mass is 9.89. The molecule has 2 aromatic rings. The number of hydrogen-bond donors (Lipinski definition) is 1. The normalized spacial score (nSPS) is 15.0. The van der Waals surface area contributed by atoms with Gasteiger partial charge in [-0.05, 0) is 86.8 Å². The van der Waals surface area contributed by atoms with Crippen LogP contribution in [-0.2, 0) is 4.79 Å². The summed E-state index contributed by atoms with van der Waals surface area (Å²) in [6.07, 6.45) is 4.16. The minimum absolute atomic E-state index is 0.0474. The zero-order chi connectivity index (χ0) is 21.3. The first-order chi connectivity index (χ1) is 14.6. The summed E-state index contributed by atoms with van der Waals surface area (Å²) in [6.45, 7) is 4.92. The van der Waals surface area contributed by atoms with E-state index >= 15 is 0 Å². The molecule has 1 amide bonds. The number of amides is 1. The Morgan fingerprint density at radius 1 is 1.10 bits per heavy atom. The van der Waals surface area contributed by atoms with E-state index in [2.05, 4.69) is 22.3 Å². The molecule has 1 aliphatic heterocycles. The number of carbonyl (C=O) groups excluding carboxylic acids is 2. The van der Waals surface area contributed by atoms with Crippen molar-refractivity contribution < 1.29 is 14.3 Å². The number of ketones is 1. The number of nitrogens with zero attached hydrogens (tertiary/aromatic N) is 1. The average molecular weight is 409 g/mol. The smallest absolute Gasteiger partial charge is 0.224 e. The third-order valence-electron chi connectivity index (χ3n) is 5.84. The molecule has 5 nitrogen and oxygen atoms in total. The number of rotatable bonds is 9. The number of Topliss-reactive ketones (excluding diaryl/α,β-unsaturated/α-hetero) is 1. The number of carbonyl (C=O) groups is 2. The van der Waals surface area contributed by atoms with Crippen LogP contribution in [0.15, 0.2) is 48.5 Å². The second kappa shape index (κ2) is 10.9. The van der Waals surface area contributed by atoms with Gasteiger partial charge in [0.2, 0.25) is 5.91 Å². The van der Waals surface area contributed by atoms with E-state index < -0.39 is 0 Å². The molecule has 3 rings (SSSR count). The van der Waals surface area contributed by atoms with Crippen LogP contribution >= 0.6 is 0 Å². The molecule has 0 atom stereocenters. The van der Waals surface area contributed by atoms with Crippen molar-refractivity contribution >= 4 is 17.4 Å². The number of nitrogens with one attached hydrogen (secondary N) is 1. The Kier molecular flexibility index (Phi) is 8.03. The predicted molar refractivity (Wildman–Crippen MR) is 120 cm³/mol. The van der Waals surface area contributed by atoms with Crippen LogP contribution in [0.5, 0.6) is 5.75 Å². The van der Waals surface area contributed by atoms with Crippen molar-refractivity contribution in [1.29, 1.82) is 0 Å². The fraction of sp³-hybridized carbons (Fsp3) is 0.440. The summed E-state index contributed by atoms with van der Waals surface area (Å²) in [5.41, 5.74) is 2.95. The van der Waals surface area contributed by atoms with Gasteiger partial charge >= 0.3 is 0 Å². The molecule has 5 heteroatoms. The molecule has 0 unspecified atom stereocenters. The van der Waals surface area contributed by atoms with Crippen molar-refractivity contribution in [3.8, 4) is 5.75 Å². The first-order valence-electron chi connectivity index (χ1n) is 10.9. The monoisotopic (exact) mass is 408 g/mol. The van der Waals surface area contributed by atoms with Crippen molar-refractivity contribution in [3.05, 3.63) is 59.7 Å². The topological polar surface area (TPSA) is 58.6 Å². The van der Waals surface area contributed by atoms with Crippen LogP contribution in [0, 0.1) is 0 Å². The molecule has 1 aliphatic rings. The summed E-state index contributed by atoms with van der Waals surface area (Å²) in [7, 11) is 1.63. The van der Waals surface area contributed by atoms with Gasteiger partial charge in [0, 0.05) is 24.1 Å². The van der Waals surface area contributed by atoms with Gasteiger partial charge in [-0.1, -0.05) is 19.1 Å². The molecule has 0 radical (unpaired) electrons. The van der Waals surface area contributed by atoms with E-state index in [1.165, 1.54) is 5.56 Å². The molecule has 0 aliphatic carbocycles. The number of likely N-dealkylation sites (tertiary alicyclic amines) is 1. The van der Waals surface area contributed by atoms with Gasteiger partial charge in [0.1, 0.15) is 5.75 Å². The molecule has 0 bridgehead atoms. The van der Waals surface area contributed by atoms with E-state index in [-0.39, 0.29) is 11.7 Å². The van der Waals surface area contributed by atoms with Crippen molar-refractivity contribution in [3.63, 3.8) is 0 Å². The summed E-state index contributed by atoms with van der Waals surface area (Å²) in [5.74, 6) is 1.54. The van der Waals surface area contributed by atoms with Gasteiger partial charge < -0.3 is 15.0 Å². The Morgan fingerprint density at radius 3 is 2.50 bits per heavy atom. The molecule has 0 spiro atoms. The van der Waals surface area contributed by atoms with E-state index in [4.69, 9.17) is 4.74 Å². The Balaban J connectivity index is 1.42. The van der Waals surface area contributed by atoms with E-state index in [1.807, 2.05) is 43.3 Å². The minimum Gasteiger partial charge on any atom is -0.497 e. The number of ether oxygens (including phenoxy) is 1. The Labute approximate surface area is 179 Å². The first-order valence-corrected chi connectivity index (χ1v) is 10.9. The van der Waals surface area contributed by atoms with Crippen LogP contribution in [0.2, 0.25) is 0 Å². The largest absolute Gasteiger partial charge is 0.497 e. The number of benzene rings is 2. The predicted octanol–water partition coefficient (Wildman–Crippen LogP) is 4.89. The second-order valence-corrected chi connectivity index (χ2v) is 7.90. The van der Waals surface area contributed by atoms with E-state index in [0.717, 1.165) is 55.9 Å². The Morgan fingerprint density at radius 2 is 1.83 bits per heavy atom. The maximum absolute atomic E-state index is 12.4. The molecular weight excluding hydrogens is 376 g/mol. The third kappa shape index (κ3) is 6.17. The summed E-state index contributed by atoms with van der Waals surface area (Å²) >= 11 is 0. The summed E-state index contributed by atoms with van der Waals surface area (Å²) < 4.78 is 5.14. The summed E-state index contributed by atoms with van der Waals surface area (Å²) in [6, 6.07) is 15.6. The fourth-order valence-electron chi connectivity index (χ4n) is 3.99. The highest BCUT2D eigenvalue weighted by atomic mass is 16.5. The average Bonchev–Trinajstić information content (AvgIpc) is 2.79. The SMILES string of the molecule is CCC(=O)Nc1cccc(C2CCN(CCCC(=O)c3ccc(OC)cc3)CC2)c1. The number of methoxy groups -OCH3 is 1. The van der Waals surface area contributed by atoms with Gasteiger partial charge in [-0.3, -0.25) is 9.59 Å². The Hall–Kier alpha value is -2.66. The number of piperidine rings is 1. The molecule has 1 N–H and O–H groups in total. The van der Waals surface area contributed by atoms with Gasteiger partial charge in [-0.25, -0.2) is 0 Å². The van der Waals surface area contributed by atoms with Gasteiger partial charge in [0.05, 0.1) is 7.11 Å². The molecule has 2 aromatic carbocycles. The zero-order valence-electron chi connectivity index (χ0n) is 18.0. The third-order valence-corrected chi connectivity index (χ3v) is 5.84. The van der Waals surface area contributed by atoms with Gasteiger partial charge in [0.25, 0.3) is 0 Å². The second-order valence-electron chi connectivity index (χ2n) is 7.90. The van der Waals surface area contributed by atoms with E-state index in [1.54, 1.807) is 7.11 Å². The first kappa shape index (κ1) is 22.0. The Bertz CT molecular complexity index is 840. The highest BCUT2D eigenvalue weighted by molar-refractivity contribution is 5.96. The standard InChI is InChI=1S/C25H32N2O3/c1-3-25(29)26-22-7-4-6-21(18-22)19-13-16-27(17-14-19)15-5-8-24(28)20-9-11-23(30-2)12-10-20/h4,6-7,9-12,18-19H,3,5,8,13-17H2,1-2H3,(H,26,29). The molecular formula is C25H32N2O3. The number of anilines is 1. The lowest BCUT2D eigenvalue weighted by Gasteiger charge is -2.32. The van der Waals surface area contributed by atoms with Crippen molar-refractivity contribution in [2.75, 3.05) is 32.1 Å². The molecule has 0 saturated carbocycles. The summed E-state index contributed by atoms with van der Waals surface area (Å²) in [5, 5.41) is 2.95. The van der Waals surface area contributed by atoms with Crippen LogP contribution in [0.4, 0.5) is 5.69 Å². The maximum Gasteiger partial charge on any atom is 0.224 e.